The standard InChI is InChI=1S/C15H19F2NO3.C6H16F3NO2S/c1-4-6-18(3)14(19)11-7-10(13(16)17)8-12(9-11)15(20)21-5-2;1-11-3-5-13(7,8,9,10)6-4-12-2/h7-9,13H,4-6H2,1-3H3;3-6,10H2,1-2H3. The predicted molar refractivity (Wildman–Crippen MR) is 123 cm³/mol. The molecule has 0 aliphatic carbocycles. The second-order valence-electron chi connectivity index (χ2n) is 7.62. The van der Waals surface area contributed by atoms with Crippen molar-refractivity contribution in [1.29, 1.82) is 0 Å². The maximum Gasteiger partial charge on any atom is 0.338 e. The van der Waals surface area contributed by atoms with E-state index in [1.54, 1.807) is 14.0 Å². The highest BCUT2D eigenvalue weighted by atomic mass is 32.4. The van der Waals surface area contributed by atoms with E-state index in [9.17, 15) is 30.0 Å². The fraction of sp³-hybridized carbons (Fsp3) is 0.619. The van der Waals surface area contributed by atoms with Crippen LogP contribution in [-0.2, 0) is 14.2 Å². The van der Waals surface area contributed by atoms with Crippen LogP contribution in [0, 0.1) is 0 Å². The van der Waals surface area contributed by atoms with Crippen LogP contribution >= 0.6 is 9.64 Å². The molecule has 0 aliphatic rings. The van der Waals surface area contributed by atoms with E-state index in [0.29, 0.717) is 6.54 Å². The van der Waals surface area contributed by atoms with Gasteiger partial charge >= 0.3 is 5.97 Å². The van der Waals surface area contributed by atoms with Crippen LogP contribution in [0.1, 0.15) is 53.0 Å². The highest BCUT2D eigenvalue weighted by Crippen LogP contribution is 2.87. The largest absolute Gasteiger partial charge is 0.462 e. The van der Waals surface area contributed by atoms with Crippen molar-refractivity contribution in [3.05, 3.63) is 34.9 Å². The lowest BCUT2D eigenvalue weighted by atomic mass is 10.0. The molecule has 0 unspecified atom stereocenters. The molecular weight excluding hydrogens is 487 g/mol. The number of rotatable bonds is 12. The van der Waals surface area contributed by atoms with Crippen molar-refractivity contribution < 1.29 is 44.2 Å². The number of carbonyl (C=O) groups excluding carboxylic acids is 2. The third-order valence-corrected chi connectivity index (χ3v) is 6.74. The van der Waals surface area contributed by atoms with Gasteiger partial charge in [0.15, 0.2) is 0 Å². The average Bonchev–Trinajstić information content (AvgIpc) is 2.76. The van der Waals surface area contributed by atoms with Crippen LogP contribution in [0.15, 0.2) is 18.2 Å². The minimum absolute atomic E-state index is 0.0390. The number of nitrogens with two attached hydrogens (primary N) is 1. The minimum atomic E-state index is -6.89. The monoisotopic (exact) mass is 522 g/mol. The van der Waals surface area contributed by atoms with Crippen LogP contribution in [0.2, 0.25) is 0 Å². The van der Waals surface area contributed by atoms with Crippen molar-refractivity contribution in [2.24, 2.45) is 5.14 Å². The maximum absolute atomic E-state index is 13.2. The molecule has 0 atom stereocenters. The number of nitrogens with zero attached hydrogens (tertiary/aromatic N) is 1. The maximum atomic E-state index is 13.2. The minimum Gasteiger partial charge on any atom is -0.462 e. The first kappa shape index (κ1) is 32.0. The molecule has 1 amide bonds. The third-order valence-electron chi connectivity index (χ3n) is 4.43. The first-order valence-corrected chi connectivity index (χ1v) is 13.0. The van der Waals surface area contributed by atoms with Crippen LogP contribution < -0.4 is 5.14 Å². The van der Waals surface area contributed by atoms with Crippen LogP contribution in [0.5, 0.6) is 0 Å². The zero-order valence-electron chi connectivity index (χ0n) is 20.1. The summed E-state index contributed by atoms with van der Waals surface area (Å²) >= 11 is 0. The fourth-order valence-electron chi connectivity index (χ4n) is 2.56. The summed E-state index contributed by atoms with van der Waals surface area (Å²) in [6.07, 6.45) is -2.01. The van der Waals surface area contributed by atoms with Gasteiger partial charge < -0.3 is 19.1 Å². The van der Waals surface area contributed by atoms with E-state index >= 15 is 0 Å². The third kappa shape index (κ3) is 12.0. The molecule has 0 aliphatic heterocycles. The van der Waals surface area contributed by atoms with Gasteiger partial charge in [0, 0.05) is 38.9 Å². The summed E-state index contributed by atoms with van der Waals surface area (Å²) in [5, 5.41) is 4.53. The van der Waals surface area contributed by atoms with Crippen LogP contribution in [-0.4, -0.2) is 75.9 Å². The topological polar surface area (TPSA) is 91.1 Å². The number of hydrogen-bond acceptors (Lipinski definition) is 6. The number of benzene rings is 1. The summed E-state index contributed by atoms with van der Waals surface area (Å²) in [5.41, 5.74) is -0.344. The summed E-state index contributed by atoms with van der Waals surface area (Å²) in [4.78, 5) is 25.3. The Labute approximate surface area is 197 Å². The van der Waals surface area contributed by atoms with Gasteiger partial charge in [-0.2, -0.15) is 0 Å². The lowest BCUT2D eigenvalue weighted by molar-refractivity contribution is 0.0525. The Bertz CT molecular complexity index is 806. The second-order valence-corrected chi connectivity index (χ2v) is 11.7. The van der Waals surface area contributed by atoms with E-state index in [4.69, 9.17) is 4.74 Å². The number of halogens is 5. The molecule has 7 nitrogen and oxygen atoms in total. The quantitative estimate of drug-likeness (QED) is 0.308. The average molecular weight is 523 g/mol. The molecule has 13 heteroatoms. The van der Waals surface area contributed by atoms with Crippen molar-refractivity contribution in [2.45, 2.75) is 26.7 Å². The molecule has 0 aromatic heterocycles. The van der Waals surface area contributed by atoms with Gasteiger partial charge in [0.1, 0.15) is 0 Å². The Morgan fingerprint density at radius 1 is 1.00 bits per heavy atom. The normalized spacial score (nSPS) is 13.4. The zero-order valence-corrected chi connectivity index (χ0v) is 20.9. The summed E-state index contributed by atoms with van der Waals surface area (Å²) < 4.78 is 79.1. The zero-order chi connectivity index (χ0) is 26.6. The van der Waals surface area contributed by atoms with Gasteiger partial charge in [-0.15, -0.1) is 11.7 Å². The highest BCUT2D eigenvalue weighted by molar-refractivity contribution is 8.52. The van der Waals surface area contributed by atoms with Crippen LogP contribution in [0.3, 0.4) is 0 Å². The van der Waals surface area contributed by atoms with Gasteiger partial charge in [0.25, 0.3) is 12.3 Å². The van der Waals surface area contributed by atoms with E-state index in [-0.39, 0.29) is 23.3 Å². The van der Waals surface area contributed by atoms with Gasteiger partial charge in [-0.1, -0.05) is 6.92 Å². The summed E-state index contributed by atoms with van der Waals surface area (Å²) in [5.74, 6) is -3.25. The summed E-state index contributed by atoms with van der Waals surface area (Å²) in [6, 6.07) is 3.46. The molecule has 34 heavy (non-hydrogen) atoms. The Hall–Kier alpha value is -1.96. The van der Waals surface area contributed by atoms with Gasteiger partial charge in [-0.3, -0.25) is 4.79 Å². The lowest BCUT2D eigenvalue weighted by Crippen LogP contribution is -2.40. The van der Waals surface area contributed by atoms with Crippen molar-refractivity contribution in [3.8, 4) is 0 Å². The molecule has 0 radical (unpaired) electrons. The smallest absolute Gasteiger partial charge is 0.338 e. The number of methoxy groups -OCH3 is 2. The van der Waals surface area contributed by atoms with Crippen molar-refractivity contribution in [1.82, 2.24) is 4.90 Å². The Morgan fingerprint density at radius 2 is 1.50 bits per heavy atom. The Balaban J connectivity index is 0.000000722. The molecule has 2 N–H and O–H groups in total. The van der Waals surface area contributed by atoms with Gasteiger partial charge in [0.2, 0.25) is 0 Å². The van der Waals surface area contributed by atoms with Gasteiger partial charge in [-0.05, 0) is 31.5 Å². The van der Waals surface area contributed by atoms with Crippen molar-refractivity contribution in [2.75, 3.05) is 59.1 Å². The molecule has 1 aromatic rings. The number of amides is 1. The molecule has 0 saturated heterocycles. The van der Waals surface area contributed by atoms with E-state index in [1.807, 2.05) is 6.92 Å². The van der Waals surface area contributed by atoms with E-state index in [1.165, 1.54) is 25.2 Å². The van der Waals surface area contributed by atoms with Crippen LogP contribution in [0.25, 0.3) is 0 Å². The van der Waals surface area contributed by atoms with Crippen molar-refractivity contribution >= 4 is 21.5 Å². The molecule has 0 bridgehead atoms. The number of hydrogen-bond donors (Lipinski definition) is 1. The van der Waals surface area contributed by atoms with E-state index in [0.717, 1.165) is 18.6 Å². The number of esters is 1. The number of carbonyl (C=O) groups is 2. The Kier molecular flexibility index (Phi) is 11.9. The molecule has 1 rings (SSSR count). The van der Waals surface area contributed by atoms with Crippen molar-refractivity contribution in [3.63, 3.8) is 0 Å². The molecule has 0 heterocycles. The molecule has 0 fully saturated rings. The highest BCUT2D eigenvalue weighted by Gasteiger charge is 2.56. The SMILES string of the molecule is CCCN(C)C(=O)c1cc(C(=O)OCC)cc(C(F)F)c1.COCCS(N)(F)(F)(F)CCOC. The van der Waals surface area contributed by atoms with Gasteiger partial charge in [0.05, 0.1) is 46.5 Å². The molecule has 200 valence electrons. The molecule has 0 spiro atoms. The summed E-state index contributed by atoms with van der Waals surface area (Å²) in [7, 11) is -2.88. The molecule has 1 aromatic carbocycles. The first-order chi connectivity index (χ1) is 15.5. The van der Waals surface area contributed by atoms with Gasteiger partial charge in [-0.25, -0.2) is 18.7 Å². The first-order valence-electron chi connectivity index (χ1n) is 10.4. The summed E-state index contributed by atoms with van der Waals surface area (Å²) in [6.45, 7) is 3.37. The number of alkyl halides is 2. The molecular formula is C21H35F5N2O5S. The van der Waals surface area contributed by atoms with E-state index in [2.05, 4.69) is 14.6 Å². The number of ether oxygens (including phenoxy) is 3. The van der Waals surface area contributed by atoms with E-state index < -0.39 is 52.7 Å². The molecule has 0 saturated carbocycles. The fourth-order valence-corrected chi connectivity index (χ4v) is 3.91. The lowest BCUT2D eigenvalue weighted by Gasteiger charge is -2.54. The van der Waals surface area contributed by atoms with Crippen LogP contribution in [0.4, 0.5) is 20.4 Å². The second kappa shape index (κ2) is 12.7. The predicted octanol–water partition coefficient (Wildman–Crippen LogP) is 4.97. The Morgan fingerprint density at radius 3 is 1.91 bits per heavy atom.